The lowest BCUT2D eigenvalue weighted by atomic mass is 9.97. The minimum Gasteiger partial charge on any atom is -0.378 e. The fourth-order valence-electron chi connectivity index (χ4n) is 3.59. The summed E-state index contributed by atoms with van der Waals surface area (Å²) in [6.07, 6.45) is 4.41. The lowest BCUT2D eigenvalue weighted by Gasteiger charge is -2.09. The van der Waals surface area contributed by atoms with Crippen LogP contribution < -0.4 is 11.3 Å². The van der Waals surface area contributed by atoms with Gasteiger partial charge in [-0.05, 0) is 68.4 Å². The van der Waals surface area contributed by atoms with Gasteiger partial charge in [-0.3, -0.25) is 4.79 Å². The number of hydrogen-bond donors (Lipinski definition) is 2. The molecule has 0 bridgehead atoms. The van der Waals surface area contributed by atoms with E-state index >= 15 is 0 Å². The van der Waals surface area contributed by atoms with Crippen molar-refractivity contribution >= 4 is 44.2 Å². The Morgan fingerprint density at radius 2 is 2.00 bits per heavy atom. The lowest BCUT2D eigenvalue weighted by molar-refractivity contribution is 0.700. The number of amidine groups is 1. The number of aromatic amines is 1. The average molecular weight is 399 g/mol. The maximum Gasteiger partial charge on any atom is 0.259 e. The van der Waals surface area contributed by atoms with Crippen molar-refractivity contribution in [1.29, 1.82) is 0 Å². The van der Waals surface area contributed by atoms with Crippen molar-refractivity contribution < 1.29 is 0 Å². The predicted octanol–water partition coefficient (Wildman–Crippen LogP) is 4.36. The molecule has 0 atom stereocenters. The Morgan fingerprint density at radius 1 is 1.26 bits per heavy atom. The normalized spacial score (nSPS) is 14.5. The molecule has 140 valence electrons. The number of nitrogens with two attached hydrogens (primary N) is 1. The van der Waals surface area contributed by atoms with Crippen LogP contribution in [0.2, 0.25) is 0 Å². The Hall–Kier alpha value is -2.12. The van der Waals surface area contributed by atoms with Gasteiger partial charge in [-0.15, -0.1) is 11.3 Å². The average Bonchev–Trinajstić information content (AvgIpc) is 2.98. The number of nitrogens with zero attached hydrogens (tertiary/aromatic N) is 2. The summed E-state index contributed by atoms with van der Waals surface area (Å²) in [4.78, 5) is 26.9. The van der Waals surface area contributed by atoms with Crippen LogP contribution in [0.15, 0.2) is 28.0 Å². The number of thioether (sulfide) groups is 1. The first kappa shape index (κ1) is 18.3. The van der Waals surface area contributed by atoms with Crippen molar-refractivity contribution in [3.8, 4) is 0 Å². The zero-order valence-corrected chi connectivity index (χ0v) is 17.1. The minimum atomic E-state index is -0.0279. The Morgan fingerprint density at radius 3 is 2.78 bits per heavy atom. The van der Waals surface area contributed by atoms with Gasteiger partial charge in [-0.1, -0.05) is 17.8 Å². The number of H-pyrrole nitrogens is 1. The third kappa shape index (κ3) is 3.94. The molecule has 1 aliphatic carbocycles. The Balaban J connectivity index is 1.55. The SMILES string of the molecule is Cc1cc(C)cc(N=C(N)SCc2nc3sc4c(c3c(=O)[nH]2)CCCC4)c1. The Bertz CT molecular complexity index is 1080. The summed E-state index contributed by atoms with van der Waals surface area (Å²) >= 11 is 3.05. The van der Waals surface area contributed by atoms with Crippen LogP contribution in [0.1, 0.15) is 40.2 Å². The molecule has 1 aromatic carbocycles. The van der Waals surface area contributed by atoms with Crippen LogP contribution in [0.3, 0.4) is 0 Å². The van der Waals surface area contributed by atoms with Crippen LogP contribution in [0.25, 0.3) is 10.2 Å². The summed E-state index contributed by atoms with van der Waals surface area (Å²) in [5.74, 6) is 1.14. The van der Waals surface area contributed by atoms with Crippen molar-refractivity contribution in [3.05, 3.63) is 55.9 Å². The van der Waals surface area contributed by atoms with Crippen LogP contribution in [0, 0.1) is 13.8 Å². The van der Waals surface area contributed by atoms with Gasteiger partial charge in [0.25, 0.3) is 5.56 Å². The van der Waals surface area contributed by atoms with Gasteiger partial charge in [0.1, 0.15) is 10.7 Å². The summed E-state index contributed by atoms with van der Waals surface area (Å²) < 4.78 is 0. The fourth-order valence-corrected chi connectivity index (χ4v) is 5.47. The number of aryl methyl sites for hydroxylation is 4. The minimum absolute atomic E-state index is 0.0279. The number of aliphatic imine (C=N–C) groups is 1. The maximum atomic E-state index is 12.6. The number of thiophene rings is 1. The number of rotatable bonds is 3. The van der Waals surface area contributed by atoms with Crippen molar-refractivity contribution in [2.75, 3.05) is 0 Å². The van der Waals surface area contributed by atoms with Crippen molar-refractivity contribution in [1.82, 2.24) is 9.97 Å². The van der Waals surface area contributed by atoms with Gasteiger partial charge in [0, 0.05) is 4.88 Å². The van der Waals surface area contributed by atoms with Crippen molar-refractivity contribution in [3.63, 3.8) is 0 Å². The second-order valence-electron chi connectivity index (χ2n) is 6.99. The van der Waals surface area contributed by atoms with Gasteiger partial charge >= 0.3 is 0 Å². The number of nitrogens with one attached hydrogen (secondary N) is 1. The van der Waals surface area contributed by atoms with Crippen LogP contribution in [-0.4, -0.2) is 15.1 Å². The Labute approximate surface area is 166 Å². The van der Waals surface area contributed by atoms with Crippen molar-refractivity contribution in [2.45, 2.75) is 45.3 Å². The van der Waals surface area contributed by atoms with Crippen LogP contribution in [0.5, 0.6) is 0 Å². The fraction of sp³-hybridized carbons (Fsp3) is 0.350. The highest BCUT2D eigenvalue weighted by Gasteiger charge is 2.19. The number of hydrogen-bond acceptors (Lipinski definition) is 5. The molecule has 2 aromatic heterocycles. The van der Waals surface area contributed by atoms with E-state index in [1.54, 1.807) is 11.3 Å². The van der Waals surface area contributed by atoms with Gasteiger partial charge in [0.15, 0.2) is 5.17 Å². The molecular weight excluding hydrogens is 376 g/mol. The summed E-state index contributed by atoms with van der Waals surface area (Å²) in [5.41, 5.74) is 10.4. The molecular formula is C20H22N4OS2. The lowest BCUT2D eigenvalue weighted by Crippen LogP contribution is -2.14. The largest absolute Gasteiger partial charge is 0.378 e. The van der Waals surface area contributed by atoms with E-state index in [0.717, 1.165) is 46.3 Å². The molecule has 7 heteroatoms. The van der Waals surface area contributed by atoms with E-state index in [0.29, 0.717) is 16.7 Å². The third-order valence-electron chi connectivity index (χ3n) is 4.68. The predicted molar refractivity (Wildman–Crippen MR) is 115 cm³/mol. The zero-order chi connectivity index (χ0) is 19.0. The highest BCUT2D eigenvalue weighted by Crippen LogP contribution is 2.33. The Kier molecular flexibility index (Phi) is 5.06. The van der Waals surface area contributed by atoms with E-state index in [-0.39, 0.29) is 5.56 Å². The summed E-state index contributed by atoms with van der Waals surface area (Å²) in [5, 5.41) is 1.26. The molecule has 27 heavy (non-hydrogen) atoms. The highest BCUT2D eigenvalue weighted by molar-refractivity contribution is 8.13. The summed E-state index contributed by atoms with van der Waals surface area (Å²) in [6, 6.07) is 6.11. The molecule has 5 nitrogen and oxygen atoms in total. The molecule has 0 aliphatic heterocycles. The van der Waals surface area contributed by atoms with Gasteiger partial charge in [0.05, 0.1) is 16.8 Å². The molecule has 1 aliphatic rings. The summed E-state index contributed by atoms with van der Waals surface area (Å²) in [6.45, 7) is 4.08. The molecule has 4 rings (SSSR count). The number of aromatic nitrogens is 2. The van der Waals surface area contributed by atoms with E-state index in [1.807, 2.05) is 26.0 Å². The highest BCUT2D eigenvalue weighted by atomic mass is 32.2. The molecule has 3 aromatic rings. The number of fused-ring (bicyclic) bond motifs is 3. The first-order valence-corrected chi connectivity index (χ1v) is 10.9. The van der Waals surface area contributed by atoms with Crippen LogP contribution in [0.4, 0.5) is 5.69 Å². The molecule has 0 saturated carbocycles. The van der Waals surface area contributed by atoms with E-state index < -0.39 is 0 Å². The van der Waals surface area contributed by atoms with Gasteiger partial charge in [-0.2, -0.15) is 0 Å². The first-order chi connectivity index (χ1) is 13.0. The third-order valence-corrected chi connectivity index (χ3v) is 6.67. The molecule has 2 heterocycles. The van der Waals surface area contributed by atoms with Crippen LogP contribution in [-0.2, 0) is 18.6 Å². The molecule has 0 unspecified atom stereocenters. The molecule has 0 amide bonds. The zero-order valence-electron chi connectivity index (χ0n) is 15.5. The van der Waals surface area contributed by atoms with Gasteiger partial charge < -0.3 is 10.7 Å². The quantitative estimate of drug-likeness (QED) is 0.507. The molecule has 3 N–H and O–H groups in total. The second-order valence-corrected chi connectivity index (χ2v) is 9.07. The van der Waals surface area contributed by atoms with E-state index in [1.165, 1.54) is 28.6 Å². The maximum absolute atomic E-state index is 12.6. The second kappa shape index (κ2) is 7.48. The number of benzene rings is 1. The smallest absolute Gasteiger partial charge is 0.259 e. The van der Waals surface area contributed by atoms with Crippen molar-refractivity contribution in [2.24, 2.45) is 10.7 Å². The topological polar surface area (TPSA) is 84.1 Å². The van der Waals surface area contributed by atoms with Gasteiger partial charge in [-0.25, -0.2) is 9.98 Å². The summed E-state index contributed by atoms with van der Waals surface area (Å²) in [7, 11) is 0. The molecule has 0 spiro atoms. The molecule has 0 saturated heterocycles. The first-order valence-electron chi connectivity index (χ1n) is 9.08. The van der Waals surface area contributed by atoms with Gasteiger partial charge in [0.2, 0.25) is 0 Å². The van der Waals surface area contributed by atoms with E-state index in [9.17, 15) is 4.79 Å². The monoisotopic (exact) mass is 398 g/mol. The standard InChI is InChI=1S/C20H22N4OS2/c1-11-7-12(2)9-13(8-11)22-20(21)26-10-16-23-18(25)17-14-5-3-4-6-15(14)27-19(17)24-16/h7-9H,3-6,10H2,1-2H3,(H2,21,22)(H,23,24,25). The van der Waals surface area contributed by atoms with E-state index in [4.69, 9.17) is 5.73 Å². The van der Waals surface area contributed by atoms with Crippen LogP contribution >= 0.6 is 23.1 Å². The molecule has 0 radical (unpaired) electrons. The van der Waals surface area contributed by atoms with E-state index in [2.05, 4.69) is 21.0 Å². The molecule has 0 fully saturated rings.